The number of carbonyl (C=O) groups is 2. The maximum absolute atomic E-state index is 12.7. The van der Waals surface area contributed by atoms with Crippen LogP contribution in [-0.2, 0) is 11.8 Å². The second-order valence-corrected chi connectivity index (χ2v) is 6.57. The number of carbonyl (C=O) groups excluding carboxylic acids is 2. The first-order valence-corrected chi connectivity index (χ1v) is 8.70. The van der Waals surface area contributed by atoms with E-state index in [0.717, 1.165) is 12.4 Å². The molecule has 0 spiro atoms. The highest BCUT2D eigenvalue weighted by Crippen LogP contribution is 2.22. The second-order valence-electron chi connectivity index (χ2n) is 6.13. The number of Topliss-reactive ketones (excluding diaryl/α,β-unsaturated/α-hetero) is 1. The number of nitrogens with zero attached hydrogens (tertiary/aromatic N) is 3. The average molecular weight is 361 g/mol. The van der Waals surface area contributed by atoms with Crippen LogP contribution in [0.1, 0.15) is 35.1 Å². The smallest absolute Gasteiger partial charge is 0.223 e. The number of amides is 1. The monoisotopic (exact) mass is 360 g/mol. The Morgan fingerprint density at radius 1 is 1.28 bits per heavy atom. The number of aromatic nitrogens is 2. The molecule has 2 heterocycles. The first-order chi connectivity index (χ1) is 12.1. The third-order valence-electron chi connectivity index (χ3n) is 4.45. The third-order valence-corrected chi connectivity index (χ3v) is 4.70. The molecule has 0 saturated carbocycles. The first-order valence-electron chi connectivity index (χ1n) is 8.32. The van der Waals surface area contributed by atoms with Gasteiger partial charge >= 0.3 is 0 Å². The van der Waals surface area contributed by atoms with Crippen LogP contribution in [0.2, 0.25) is 5.02 Å². The lowest BCUT2D eigenvalue weighted by atomic mass is 10.1. The Kier molecular flexibility index (Phi) is 5.50. The van der Waals surface area contributed by atoms with E-state index in [9.17, 15) is 9.59 Å². The van der Waals surface area contributed by atoms with Crippen LogP contribution in [-0.4, -0.2) is 45.8 Å². The van der Waals surface area contributed by atoms with Gasteiger partial charge in [0.15, 0.2) is 5.78 Å². The van der Waals surface area contributed by atoms with E-state index in [1.807, 2.05) is 22.7 Å². The summed E-state index contributed by atoms with van der Waals surface area (Å²) in [5.74, 6) is 0.787. The van der Waals surface area contributed by atoms with Crippen LogP contribution in [0, 0.1) is 0 Å². The van der Waals surface area contributed by atoms with Gasteiger partial charge < -0.3 is 14.8 Å². The zero-order valence-corrected chi connectivity index (χ0v) is 14.9. The molecular formula is C18H21ClN4O2. The highest BCUT2D eigenvalue weighted by Gasteiger charge is 2.30. The Bertz CT molecular complexity index is 757. The normalized spacial score (nSPS) is 17.5. The SMILES string of the molecule is Cn1ccnc1C1CNCCN1C(=O)CCC(=O)c1ccc(Cl)cc1. The Balaban J connectivity index is 1.64. The van der Waals surface area contributed by atoms with E-state index in [2.05, 4.69) is 10.3 Å². The molecule has 1 aliphatic rings. The molecule has 1 fully saturated rings. The zero-order chi connectivity index (χ0) is 17.8. The summed E-state index contributed by atoms with van der Waals surface area (Å²) in [5, 5.41) is 3.89. The number of benzene rings is 1. The van der Waals surface area contributed by atoms with E-state index in [0.29, 0.717) is 23.7 Å². The minimum Gasteiger partial charge on any atom is -0.336 e. The van der Waals surface area contributed by atoms with Crippen molar-refractivity contribution in [1.29, 1.82) is 0 Å². The molecule has 1 atom stereocenters. The lowest BCUT2D eigenvalue weighted by Crippen LogP contribution is -2.49. The van der Waals surface area contributed by atoms with Crippen LogP contribution < -0.4 is 5.32 Å². The fourth-order valence-corrected chi connectivity index (χ4v) is 3.20. The number of aryl methyl sites for hydroxylation is 1. The summed E-state index contributed by atoms with van der Waals surface area (Å²) in [7, 11) is 1.92. The van der Waals surface area contributed by atoms with E-state index in [1.165, 1.54) is 0 Å². The van der Waals surface area contributed by atoms with Crippen molar-refractivity contribution in [3.8, 4) is 0 Å². The van der Waals surface area contributed by atoms with E-state index < -0.39 is 0 Å². The van der Waals surface area contributed by atoms with Crippen LogP contribution in [0.5, 0.6) is 0 Å². The predicted molar refractivity (Wildman–Crippen MR) is 95.5 cm³/mol. The van der Waals surface area contributed by atoms with Crippen LogP contribution in [0.25, 0.3) is 0 Å². The topological polar surface area (TPSA) is 67.2 Å². The quantitative estimate of drug-likeness (QED) is 0.830. The van der Waals surface area contributed by atoms with Crippen LogP contribution in [0.15, 0.2) is 36.7 Å². The Morgan fingerprint density at radius 3 is 2.72 bits per heavy atom. The van der Waals surface area contributed by atoms with Crippen molar-refractivity contribution in [2.75, 3.05) is 19.6 Å². The number of piperazine rings is 1. The molecule has 0 radical (unpaired) electrons. The molecule has 132 valence electrons. The second kappa shape index (κ2) is 7.80. The highest BCUT2D eigenvalue weighted by atomic mass is 35.5. The lowest BCUT2D eigenvalue weighted by molar-refractivity contribution is -0.134. The summed E-state index contributed by atoms with van der Waals surface area (Å²) < 4.78 is 1.93. The molecule has 1 N–H and O–H groups in total. The molecule has 1 amide bonds. The molecule has 3 rings (SSSR count). The van der Waals surface area contributed by atoms with E-state index >= 15 is 0 Å². The number of nitrogens with one attached hydrogen (secondary N) is 1. The summed E-state index contributed by atoms with van der Waals surface area (Å²) in [6.07, 6.45) is 3.99. The molecule has 1 unspecified atom stereocenters. The first kappa shape index (κ1) is 17.6. The molecule has 6 nitrogen and oxygen atoms in total. The van der Waals surface area contributed by atoms with Gasteiger partial charge in [0, 0.05) is 62.5 Å². The van der Waals surface area contributed by atoms with Gasteiger partial charge in [0.1, 0.15) is 11.9 Å². The van der Waals surface area contributed by atoms with E-state index in [4.69, 9.17) is 11.6 Å². The molecule has 2 aromatic rings. The van der Waals surface area contributed by atoms with Gasteiger partial charge in [0.25, 0.3) is 0 Å². The van der Waals surface area contributed by atoms with Gasteiger partial charge in [-0.2, -0.15) is 0 Å². The summed E-state index contributed by atoms with van der Waals surface area (Å²) in [4.78, 5) is 31.2. The standard InChI is InChI=1S/C18H21ClN4O2/c1-22-10-9-21-18(22)15-12-20-8-11-23(15)17(25)7-6-16(24)13-2-4-14(19)5-3-13/h2-5,9-10,15,20H,6-8,11-12H2,1H3. The predicted octanol–water partition coefficient (Wildman–Crippen LogP) is 2.21. The molecule has 0 bridgehead atoms. The summed E-state index contributed by atoms with van der Waals surface area (Å²) in [6, 6.07) is 6.65. The number of hydrogen-bond donors (Lipinski definition) is 1. The van der Waals surface area contributed by atoms with Gasteiger partial charge in [-0.3, -0.25) is 9.59 Å². The van der Waals surface area contributed by atoms with Crippen molar-refractivity contribution in [1.82, 2.24) is 19.8 Å². The molecule has 0 aliphatic carbocycles. The minimum atomic E-state index is -0.105. The molecule has 1 aromatic heterocycles. The molecule has 7 heteroatoms. The number of rotatable bonds is 5. The van der Waals surface area contributed by atoms with Crippen LogP contribution >= 0.6 is 11.6 Å². The van der Waals surface area contributed by atoms with Gasteiger partial charge in [0.05, 0.1) is 0 Å². The Hall–Kier alpha value is -2.18. The van der Waals surface area contributed by atoms with Crippen molar-refractivity contribution >= 4 is 23.3 Å². The lowest BCUT2D eigenvalue weighted by Gasteiger charge is -2.35. The van der Waals surface area contributed by atoms with Crippen LogP contribution in [0.4, 0.5) is 0 Å². The molecular weight excluding hydrogens is 340 g/mol. The van der Waals surface area contributed by atoms with Crippen molar-refractivity contribution < 1.29 is 9.59 Å². The van der Waals surface area contributed by atoms with Gasteiger partial charge in [0.2, 0.25) is 5.91 Å². The van der Waals surface area contributed by atoms with Gasteiger partial charge in [-0.1, -0.05) is 11.6 Å². The van der Waals surface area contributed by atoms with Crippen molar-refractivity contribution in [2.45, 2.75) is 18.9 Å². The van der Waals surface area contributed by atoms with E-state index in [1.54, 1.807) is 30.5 Å². The molecule has 1 saturated heterocycles. The summed E-state index contributed by atoms with van der Waals surface area (Å²) in [5.41, 5.74) is 0.582. The average Bonchev–Trinajstić information content (AvgIpc) is 3.06. The molecule has 25 heavy (non-hydrogen) atoms. The Morgan fingerprint density at radius 2 is 2.04 bits per heavy atom. The zero-order valence-electron chi connectivity index (χ0n) is 14.1. The van der Waals surface area contributed by atoms with Crippen molar-refractivity contribution in [3.63, 3.8) is 0 Å². The maximum Gasteiger partial charge on any atom is 0.223 e. The minimum absolute atomic E-state index is 0.0168. The number of ketones is 1. The van der Waals surface area contributed by atoms with Crippen molar-refractivity contribution in [2.24, 2.45) is 7.05 Å². The Labute approximate surface area is 151 Å². The fourth-order valence-electron chi connectivity index (χ4n) is 3.08. The van der Waals surface area contributed by atoms with E-state index in [-0.39, 0.29) is 30.6 Å². The third kappa shape index (κ3) is 4.08. The number of halogens is 1. The molecule has 1 aliphatic heterocycles. The van der Waals surface area contributed by atoms with Crippen molar-refractivity contribution in [3.05, 3.63) is 53.1 Å². The maximum atomic E-state index is 12.7. The van der Waals surface area contributed by atoms with Gasteiger partial charge in [-0.05, 0) is 24.3 Å². The number of imidazole rings is 1. The fraction of sp³-hybridized carbons (Fsp3) is 0.389. The van der Waals surface area contributed by atoms with Crippen LogP contribution in [0.3, 0.4) is 0 Å². The van der Waals surface area contributed by atoms with Gasteiger partial charge in [-0.15, -0.1) is 0 Å². The molecule has 1 aromatic carbocycles. The highest BCUT2D eigenvalue weighted by molar-refractivity contribution is 6.30. The van der Waals surface area contributed by atoms with Gasteiger partial charge in [-0.25, -0.2) is 4.98 Å². The largest absolute Gasteiger partial charge is 0.336 e. The summed E-state index contributed by atoms with van der Waals surface area (Å²) in [6.45, 7) is 2.03. The number of hydrogen-bond acceptors (Lipinski definition) is 4. The summed E-state index contributed by atoms with van der Waals surface area (Å²) >= 11 is 5.84.